The maximum atomic E-state index is 2.36. The molecule has 0 saturated carbocycles. The molecule has 0 unspecified atom stereocenters. The largest absolute Gasteiger partial charge is 0.227 e. The monoisotopic (exact) mass is 424 g/mol. The van der Waals surface area contributed by atoms with Crippen molar-refractivity contribution in [2.24, 2.45) is 5.41 Å². The first-order chi connectivity index (χ1) is 11.7. The van der Waals surface area contributed by atoms with E-state index in [0.717, 1.165) is 0 Å². The Balaban J connectivity index is 0.00000625. The molecule has 26 heavy (non-hydrogen) atoms. The Morgan fingerprint density at radius 1 is 0.885 bits per heavy atom. The van der Waals surface area contributed by atoms with E-state index in [1.54, 1.807) is 0 Å². The van der Waals surface area contributed by atoms with Gasteiger partial charge in [0.15, 0.2) is 0 Å². The Bertz CT molecular complexity index is 654. The van der Waals surface area contributed by atoms with Crippen molar-refractivity contribution in [1.82, 2.24) is 0 Å². The van der Waals surface area contributed by atoms with E-state index in [-0.39, 0.29) is 38.1 Å². The molecule has 0 aliphatic heterocycles. The Hall–Kier alpha value is -0.846. The van der Waals surface area contributed by atoms with Crippen LogP contribution in [-0.4, -0.2) is 0 Å². The Labute approximate surface area is 187 Å². The molecule has 1 aliphatic rings. The van der Waals surface area contributed by atoms with Gasteiger partial charge in [-0.3, -0.25) is 0 Å². The molecule has 0 bridgehead atoms. The predicted octanol–water partition coefficient (Wildman–Crippen LogP) is 7.85. The summed E-state index contributed by atoms with van der Waals surface area (Å²) in [6.45, 7) is 15.4. The van der Waals surface area contributed by atoms with E-state index in [2.05, 4.69) is 110 Å². The molecule has 0 aromatic carbocycles. The number of rotatable bonds is 6. The average molecular weight is 424 g/mol. The molecule has 0 N–H and O–H groups in total. The minimum atomic E-state index is 0. The van der Waals surface area contributed by atoms with Crippen LogP contribution in [0, 0.1) is 11.8 Å². The zero-order valence-electron chi connectivity index (χ0n) is 17.8. The molecule has 139 valence electrons. The second-order valence-electron chi connectivity index (χ2n) is 7.87. The fourth-order valence-corrected chi connectivity index (χ4v) is 2.92. The first-order valence-corrected chi connectivity index (χ1v) is 9.28. The van der Waals surface area contributed by atoms with Crippen molar-refractivity contribution in [2.75, 3.05) is 0 Å². The normalized spacial score (nSPS) is 18.4. The Kier molecular flexibility index (Phi) is 12.1. The molecule has 0 aromatic rings. The first kappa shape index (κ1) is 25.2. The van der Waals surface area contributed by atoms with E-state index in [0.29, 0.717) is 0 Å². The third-order valence-corrected chi connectivity index (χ3v) is 4.50. The SMILES string of the molecule is CC(C)=C/C=C/C=C(C)/C=C/C=C(C)/C=C/C1=C(C)[CH-]CCC1(C)C.[Y]. The molecule has 0 aromatic heterocycles. The standard InChI is InChI=1S/C25H35.Y/c1-20(2)12-8-9-13-21(3)14-10-15-22(4)17-18-24-23(5)16-11-19-25(24,6)7;/h8-10,12-18H,11,19H2,1-7H3;/q-1;/b9-8+,14-10+,18-17+,21-13+,22-15+;. The molecule has 1 aliphatic carbocycles. The van der Waals surface area contributed by atoms with Gasteiger partial charge < -0.3 is 0 Å². The molecular weight excluding hydrogens is 389 g/mol. The molecule has 0 atom stereocenters. The molecule has 1 radical (unpaired) electrons. The van der Waals surface area contributed by atoms with Crippen molar-refractivity contribution in [2.45, 2.75) is 61.3 Å². The third kappa shape index (κ3) is 9.74. The smallest absolute Gasteiger partial charge is 0 e. The molecule has 0 heterocycles. The molecular formula is C25H35Y-. The maximum absolute atomic E-state index is 2.36. The van der Waals surface area contributed by atoms with Gasteiger partial charge in [-0.1, -0.05) is 97.9 Å². The summed E-state index contributed by atoms with van der Waals surface area (Å²) in [5.74, 6) is 0. The van der Waals surface area contributed by atoms with Crippen LogP contribution in [0.4, 0.5) is 0 Å². The second-order valence-corrected chi connectivity index (χ2v) is 7.87. The van der Waals surface area contributed by atoms with Crippen molar-refractivity contribution in [3.63, 3.8) is 0 Å². The van der Waals surface area contributed by atoms with Gasteiger partial charge in [-0.25, -0.2) is 12.0 Å². The van der Waals surface area contributed by atoms with Gasteiger partial charge in [-0.15, -0.1) is 12.5 Å². The van der Waals surface area contributed by atoms with E-state index in [1.807, 2.05) is 0 Å². The van der Waals surface area contributed by atoms with Gasteiger partial charge in [0.1, 0.15) is 0 Å². The summed E-state index contributed by atoms with van der Waals surface area (Å²) in [4.78, 5) is 0. The van der Waals surface area contributed by atoms with Crippen LogP contribution in [0.5, 0.6) is 0 Å². The van der Waals surface area contributed by atoms with Crippen molar-refractivity contribution in [3.05, 3.63) is 89.0 Å². The second kappa shape index (κ2) is 12.5. The maximum Gasteiger partial charge on any atom is 0 e. The summed E-state index contributed by atoms with van der Waals surface area (Å²) >= 11 is 0. The van der Waals surface area contributed by atoms with Gasteiger partial charge >= 0.3 is 0 Å². The zero-order chi connectivity index (χ0) is 18.9. The van der Waals surface area contributed by atoms with Crippen molar-refractivity contribution in [3.8, 4) is 0 Å². The molecule has 0 fully saturated rings. The van der Waals surface area contributed by atoms with E-state index in [4.69, 9.17) is 0 Å². The molecule has 1 rings (SSSR count). The van der Waals surface area contributed by atoms with Gasteiger partial charge in [-0.05, 0) is 27.7 Å². The molecule has 0 amide bonds. The molecule has 0 nitrogen and oxygen atoms in total. The van der Waals surface area contributed by atoms with Gasteiger partial charge in [0, 0.05) is 32.7 Å². The molecule has 1 heteroatoms. The number of allylic oxidation sites excluding steroid dienone is 14. The van der Waals surface area contributed by atoms with Crippen molar-refractivity contribution in [1.29, 1.82) is 0 Å². The zero-order valence-corrected chi connectivity index (χ0v) is 20.6. The summed E-state index contributed by atoms with van der Waals surface area (Å²) in [5.41, 5.74) is 7.00. The van der Waals surface area contributed by atoms with Crippen LogP contribution < -0.4 is 0 Å². The minimum absolute atomic E-state index is 0. The summed E-state index contributed by atoms with van der Waals surface area (Å²) in [5, 5.41) is 0. The van der Waals surface area contributed by atoms with E-state index in [9.17, 15) is 0 Å². The summed E-state index contributed by atoms with van der Waals surface area (Å²) in [7, 11) is 0. The van der Waals surface area contributed by atoms with Gasteiger partial charge in [0.2, 0.25) is 0 Å². The van der Waals surface area contributed by atoms with E-state index >= 15 is 0 Å². The van der Waals surface area contributed by atoms with Crippen LogP contribution in [0.3, 0.4) is 0 Å². The number of hydrogen-bond acceptors (Lipinski definition) is 0. The third-order valence-electron chi connectivity index (χ3n) is 4.50. The Morgan fingerprint density at radius 2 is 1.46 bits per heavy atom. The van der Waals surface area contributed by atoms with Crippen LogP contribution in [0.2, 0.25) is 0 Å². The quantitative estimate of drug-likeness (QED) is 0.301. The van der Waals surface area contributed by atoms with Crippen molar-refractivity contribution < 1.29 is 32.7 Å². The van der Waals surface area contributed by atoms with Crippen LogP contribution in [0.25, 0.3) is 0 Å². The summed E-state index contributed by atoms with van der Waals surface area (Å²) < 4.78 is 0. The number of hydrogen-bond donors (Lipinski definition) is 0. The molecule has 0 saturated heterocycles. The molecule has 0 spiro atoms. The van der Waals surface area contributed by atoms with E-state index < -0.39 is 0 Å². The first-order valence-electron chi connectivity index (χ1n) is 9.28. The summed E-state index contributed by atoms with van der Waals surface area (Å²) in [6, 6.07) is 0. The Morgan fingerprint density at radius 3 is 2.08 bits per heavy atom. The fourth-order valence-electron chi connectivity index (χ4n) is 2.92. The van der Waals surface area contributed by atoms with Gasteiger partial charge in [0.05, 0.1) is 0 Å². The summed E-state index contributed by atoms with van der Waals surface area (Å²) in [6.07, 6.45) is 24.2. The van der Waals surface area contributed by atoms with Crippen molar-refractivity contribution >= 4 is 0 Å². The minimum Gasteiger partial charge on any atom is -0.227 e. The fraction of sp³-hybridized carbons (Fsp3) is 0.400. The average Bonchev–Trinajstić information content (AvgIpc) is 2.50. The van der Waals surface area contributed by atoms with Crippen LogP contribution >= 0.6 is 0 Å². The van der Waals surface area contributed by atoms with Crippen LogP contribution in [0.1, 0.15) is 61.3 Å². The van der Waals surface area contributed by atoms with Gasteiger partial charge in [0.25, 0.3) is 0 Å². The topological polar surface area (TPSA) is 0 Å². The van der Waals surface area contributed by atoms with Gasteiger partial charge in [-0.2, -0.15) is 5.57 Å². The predicted molar refractivity (Wildman–Crippen MR) is 114 cm³/mol. The van der Waals surface area contributed by atoms with Crippen LogP contribution in [-0.2, 0) is 32.7 Å². The van der Waals surface area contributed by atoms with E-state index in [1.165, 1.54) is 40.7 Å². The van der Waals surface area contributed by atoms with Crippen LogP contribution in [0.15, 0.2) is 82.5 Å².